The highest BCUT2D eigenvalue weighted by Crippen LogP contribution is 2.32. The first-order valence-electron chi connectivity index (χ1n) is 8.08. The van der Waals surface area contributed by atoms with Gasteiger partial charge in [0.1, 0.15) is 5.75 Å². The van der Waals surface area contributed by atoms with Crippen LogP contribution in [-0.4, -0.2) is 32.7 Å². The van der Waals surface area contributed by atoms with E-state index in [4.69, 9.17) is 16.4 Å². The van der Waals surface area contributed by atoms with E-state index in [0.29, 0.717) is 15.8 Å². The molecule has 2 aromatic carbocycles. The summed E-state index contributed by atoms with van der Waals surface area (Å²) in [5, 5.41) is 9.01. The Hall–Kier alpha value is -2.54. The van der Waals surface area contributed by atoms with Crippen molar-refractivity contribution in [3.05, 3.63) is 52.0 Å². The number of hydrogen-bond acceptors (Lipinski definition) is 5. The predicted octanol–water partition coefficient (Wildman–Crippen LogP) is 3.10. The van der Waals surface area contributed by atoms with Crippen molar-refractivity contribution in [1.82, 2.24) is 5.48 Å². The number of halogens is 1. The fourth-order valence-corrected chi connectivity index (χ4v) is 4.44. The minimum absolute atomic E-state index is 0.00301. The van der Waals surface area contributed by atoms with Crippen LogP contribution >= 0.6 is 15.9 Å². The lowest BCUT2D eigenvalue weighted by molar-refractivity contribution is 0.0707. The second kappa shape index (κ2) is 8.65. The van der Waals surface area contributed by atoms with E-state index in [1.807, 2.05) is 0 Å². The van der Waals surface area contributed by atoms with Crippen LogP contribution < -0.4 is 14.5 Å². The fraction of sp³-hybridized carbons (Fsp3) is 0.211. The van der Waals surface area contributed by atoms with Gasteiger partial charge in [0.15, 0.2) is 6.10 Å². The highest BCUT2D eigenvalue weighted by Gasteiger charge is 2.27. The molecule has 0 bridgehead atoms. The van der Waals surface area contributed by atoms with Crippen LogP contribution in [0.25, 0.3) is 0 Å². The molecule has 148 valence electrons. The van der Waals surface area contributed by atoms with Gasteiger partial charge in [0.05, 0.1) is 16.1 Å². The van der Waals surface area contributed by atoms with Crippen molar-refractivity contribution < 1.29 is 23.2 Å². The van der Waals surface area contributed by atoms with Crippen molar-refractivity contribution in [2.75, 3.05) is 11.4 Å². The number of hydroxylamine groups is 1. The highest BCUT2D eigenvalue weighted by molar-refractivity contribution is 9.10. The van der Waals surface area contributed by atoms with Gasteiger partial charge in [0.25, 0.3) is 15.9 Å². The number of nitrogens with one attached hydrogen (secondary N) is 1. The second-order valence-corrected chi connectivity index (χ2v) is 8.82. The van der Waals surface area contributed by atoms with Gasteiger partial charge < -0.3 is 4.74 Å². The topological polar surface area (TPSA) is 95.9 Å². The van der Waals surface area contributed by atoms with Crippen molar-refractivity contribution in [2.45, 2.75) is 24.8 Å². The van der Waals surface area contributed by atoms with Gasteiger partial charge in [-0.3, -0.25) is 14.3 Å². The minimum atomic E-state index is -3.98. The van der Waals surface area contributed by atoms with Gasteiger partial charge in [-0.1, -0.05) is 21.9 Å². The molecule has 9 heteroatoms. The molecular formula is C19H19BrN2O5S. The Morgan fingerprint density at radius 1 is 1.32 bits per heavy atom. The van der Waals surface area contributed by atoms with Crippen LogP contribution in [0.4, 0.5) is 5.69 Å². The Morgan fingerprint density at radius 3 is 2.46 bits per heavy atom. The summed E-state index contributed by atoms with van der Waals surface area (Å²) in [6, 6.07) is 8.90. The maximum atomic E-state index is 13.1. The summed E-state index contributed by atoms with van der Waals surface area (Å²) in [6.45, 7) is 3.36. The molecule has 1 unspecified atom stereocenters. The zero-order chi connectivity index (χ0) is 21.1. The predicted molar refractivity (Wildman–Crippen MR) is 109 cm³/mol. The van der Waals surface area contributed by atoms with Crippen molar-refractivity contribution in [2.24, 2.45) is 0 Å². The molecule has 1 amide bonds. The Balaban J connectivity index is 2.47. The summed E-state index contributed by atoms with van der Waals surface area (Å²) in [7, 11) is -2.64. The largest absolute Gasteiger partial charge is 0.478 e. The number of benzene rings is 2. The number of sulfonamides is 1. The highest BCUT2D eigenvalue weighted by atomic mass is 79.9. The molecule has 0 heterocycles. The standard InChI is InChI=1S/C19H19BrN2O5S/c1-5-13(3)27-15-6-8-16(9-7-15)28(25,26)22(4)18-12(2)10-14(20)11-17(18)19(23)21-24/h1,6-11,13,24H,2-4H3,(H,21,23). The summed E-state index contributed by atoms with van der Waals surface area (Å²) in [5.41, 5.74) is 2.22. The van der Waals surface area contributed by atoms with Crippen LogP contribution in [0.15, 0.2) is 45.8 Å². The van der Waals surface area contributed by atoms with E-state index in [-0.39, 0.29) is 16.1 Å². The smallest absolute Gasteiger partial charge is 0.276 e. The molecular weight excluding hydrogens is 448 g/mol. The molecule has 2 aromatic rings. The quantitative estimate of drug-likeness (QED) is 0.387. The number of rotatable bonds is 6. The maximum Gasteiger partial charge on any atom is 0.276 e. The molecule has 2 N–H and O–H groups in total. The third-order valence-corrected chi connectivity index (χ3v) is 6.19. The molecule has 0 aliphatic carbocycles. The van der Waals surface area contributed by atoms with E-state index >= 15 is 0 Å². The van der Waals surface area contributed by atoms with Crippen LogP contribution in [-0.2, 0) is 10.0 Å². The summed E-state index contributed by atoms with van der Waals surface area (Å²) in [6.07, 6.45) is 4.82. The van der Waals surface area contributed by atoms with Crippen molar-refractivity contribution >= 4 is 37.5 Å². The van der Waals surface area contributed by atoms with Gasteiger partial charge in [0.2, 0.25) is 0 Å². The van der Waals surface area contributed by atoms with Crippen LogP contribution in [0.2, 0.25) is 0 Å². The molecule has 0 radical (unpaired) electrons. The van der Waals surface area contributed by atoms with E-state index in [2.05, 4.69) is 21.9 Å². The van der Waals surface area contributed by atoms with Gasteiger partial charge in [-0.05, 0) is 55.8 Å². The zero-order valence-corrected chi connectivity index (χ0v) is 17.8. The summed E-state index contributed by atoms with van der Waals surface area (Å²) in [4.78, 5) is 12.1. The van der Waals surface area contributed by atoms with Crippen molar-refractivity contribution in [3.63, 3.8) is 0 Å². The SMILES string of the molecule is C#CC(C)Oc1ccc(S(=O)(=O)N(C)c2c(C)cc(Br)cc2C(=O)NO)cc1. The number of hydrogen-bond donors (Lipinski definition) is 2. The molecule has 0 aliphatic heterocycles. The van der Waals surface area contributed by atoms with E-state index in [1.165, 1.54) is 42.9 Å². The number of ether oxygens (including phenoxy) is 1. The van der Waals surface area contributed by atoms with E-state index in [1.54, 1.807) is 19.9 Å². The molecule has 7 nitrogen and oxygen atoms in total. The van der Waals surface area contributed by atoms with E-state index in [9.17, 15) is 13.2 Å². The number of anilines is 1. The number of terminal acetylenes is 1. The molecule has 0 aromatic heterocycles. The number of carbonyl (C=O) groups excluding carboxylic acids is 1. The fourth-order valence-electron chi connectivity index (χ4n) is 2.59. The van der Waals surface area contributed by atoms with Crippen LogP contribution in [0.1, 0.15) is 22.8 Å². The summed E-state index contributed by atoms with van der Waals surface area (Å²) < 4.78 is 33.2. The molecule has 2 rings (SSSR count). The lowest BCUT2D eigenvalue weighted by atomic mass is 10.1. The van der Waals surface area contributed by atoms with Gasteiger partial charge >= 0.3 is 0 Å². The molecule has 1 atom stereocenters. The van der Waals surface area contributed by atoms with Crippen LogP contribution in [0, 0.1) is 19.3 Å². The van der Waals surface area contributed by atoms with Gasteiger partial charge in [-0.15, -0.1) is 6.42 Å². The van der Waals surface area contributed by atoms with Crippen LogP contribution in [0.3, 0.4) is 0 Å². The van der Waals surface area contributed by atoms with Crippen molar-refractivity contribution in [3.8, 4) is 18.1 Å². The Bertz CT molecular complexity index is 1030. The monoisotopic (exact) mass is 466 g/mol. The number of nitrogens with zero attached hydrogens (tertiary/aromatic N) is 1. The van der Waals surface area contributed by atoms with Gasteiger partial charge in [-0.25, -0.2) is 13.9 Å². The Kier molecular flexibility index (Phi) is 6.72. The van der Waals surface area contributed by atoms with E-state index in [0.717, 1.165) is 4.31 Å². The first-order valence-corrected chi connectivity index (χ1v) is 10.3. The number of carbonyl (C=O) groups is 1. The van der Waals surface area contributed by atoms with Crippen LogP contribution in [0.5, 0.6) is 5.75 Å². The number of aryl methyl sites for hydroxylation is 1. The average Bonchev–Trinajstić information content (AvgIpc) is 2.66. The van der Waals surface area contributed by atoms with Gasteiger partial charge in [-0.2, -0.15) is 0 Å². The zero-order valence-electron chi connectivity index (χ0n) is 15.4. The molecule has 28 heavy (non-hydrogen) atoms. The molecule has 0 saturated carbocycles. The molecule has 0 fully saturated rings. The number of amides is 1. The first kappa shape index (κ1) is 21.8. The van der Waals surface area contributed by atoms with Crippen molar-refractivity contribution in [1.29, 1.82) is 0 Å². The Labute approximate surface area is 172 Å². The van der Waals surface area contributed by atoms with E-state index < -0.39 is 22.0 Å². The summed E-state index contributed by atoms with van der Waals surface area (Å²) in [5.74, 6) is 2.03. The lowest BCUT2D eigenvalue weighted by Crippen LogP contribution is -2.30. The molecule has 0 spiro atoms. The third kappa shape index (κ3) is 4.47. The third-order valence-electron chi connectivity index (χ3n) is 3.96. The molecule has 0 aliphatic rings. The second-order valence-electron chi connectivity index (χ2n) is 5.93. The Morgan fingerprint density at radius 2 is 1.93 bits per heavy atom. The van der Waals surface area contributed by atoms with Gasteiger partial charge in [0, 0.05) is 11.5 Å². The average molecular weight is 467 g/mol. The lowest BCUT2D eigenvalue weighted by Gasteiger charge is -2.24. The minimum Gasteiger partial charge on any atom is -0.478 e. The molecule has 0 saturated heterocycles. The summed E-state index contributed by atoms with van der Waals surface area (Å²) >= 11 is 3.27. The normalized spacial score (nSPS) is 12.0. The first-order chi connectivity index (χ1) is 13.1. The maximum absolute atomic E-state index is 13.1.